The normalized spacial score (nSPS) is 15.7. The van der Waals surface area contributed by atoms with E-state index in [0.717, 1.165) is 11.3 Å². The fourth-order valence-corrected chi connectivity index (χ4v) is 3.18. The fraction of sp³-hybridized carbons (Fsp3) is 0.250. The van der Waals surface area contributed by atoms with Gasteiger partial charge in [0.2, 0.25) is 0 Å². The second kappa shape index (κ2) is 8.00. The first-order valence-electron chi connectivity index (χ1n) is 8.97. The van der Waals surface area contributed by atoms with Gasteiger partial charge in [0.15, 0.2) is 5.69 Å². The minimum absolute atomic E-state index is 0.159. The molecule has 1 atom stereocenters. The van der Waals surface area contributed by atoms with Gasteiger partial charge < -0.3 is 14.8 Å². The summed E-state index contributed by atoms with van der Waals surface area (Å²) < 4.78 is 13.1. The zero-order valence-corrected chi connectivity index (χ0v) is 16.0. The number of hydrogen-bond donors (Lipinski definition) is 1. The second-order valence-electron chi connectivity index (χ2n) is 6.33. The molecule has 2 aromatic carbocycles. The van der Waals surface area contributed by atoms with Gasteiger partial charge in [0, 0.05) is 10.7 Å². The number of rotatable bonds is 5. The molecule has 0 fully saturated rings. The second-order valence-corrected chi connectivity index (χ2v) is 6.77. The average molecular weight is 399 g/mol. The molecule has 2 heterocycles. The third-order valence-corrected chi connectivity index (χ3v) is 4.73. The predicted octanol–water partition coefficient (Wildman–Crippen LogP) is 3.85. The van der Waals surface area contributed by atoms with Gasteiger partial charge in [-0.05, 0) is 48.9 Å². The standard InChI is InChI=1S/C20H19ClN4O3/c1-2-27-16-9-7-15(8-10-16)22-20(26)19-17-12-28-18(11-25(17)24-23-19)13-3-5-14(21)6-4-13/h3-10,18H,2,11-12H2,1H3,(H,22,26)/t18-/m0/s1. The maximum atomic E-state index is 12.6. The third-order valence-electron chi connectivity index (χ3n) is 4.48. The van der Waals surface area contributed by atoms with Crippen LogP contribution in [0.1, 0.15) is 34.8 Å². The molecule has 0 aliphatic carbocycles. The molecule has 1 aliphatic heterocycles. The lowest BCUT2D eigenvalue weighted by Gasteiger charge is -2.24. The Morgan fingerprint density at radius 2 is 2.00 bits per heavy atom. The van der Waals surface area contributed by atoms with E-state index in [-0.39, 0.29) is 24.3 Å². The summed E-state index contributed by atoms with van der Waals surface area (Å²) in [6.07, 6.45) is -0.159. The molecule has 1 N–H and O–H groups in total. The monoisotopic (exact) mass is 398 g/mol. The lowest BCUT2D eigenvalue weighted by atomic mass is 10.1. The van der Waals surface area contributed by atoms with Crippen LogP contribution in [0.5, 0.6) is 5.75 Å². The molecule has 28 heavy (non-hydrogen) atoms. The number of carbonyl (C=O) groups is 1. The molecule has 144 valence electrons. The van der Waals surface area contributed by atoms with E-state index in [9.17, 15) is 4.79 Å². The van der Waals surface area contributed by atoms with E-state index in [1.165, 1.54) is 0 Å². The average Bonchev–Trinajstić information content (AvgIpc) is 3.13. The summed E-state index contributed by atoms with van der Waals surface area (Å²) in [5.74, 6) is 0.433. The number of aromatic nitrogens is 3. The molecule has 0 saturated carbocycles. The summed E-state index contributed by atoms with van der Waals surface area (Å²) in [4.78, 5) is 12.6. The highest BCUT2D eigenvalue weighted by Gasteiger charge is 2.27. The van der Waals surface area contributed by atoms with Crippen molar-refractivity contribution in [2.75, 3.05) is 11.9 Å². The fourth-order valence-electron chi connectivity index (χ4n) is 3.06. The lowest BCUT2D eigenvalue weighted by molar-refractivity contribution is -0.00171. The molecule has 1 aliphatic rings. The van der Waals surface area contributed by atoms with Gasteiger partial charge in [-0.2, -0.15) is 0 Å². The number of fused-ring (bicyclic) bond motifs is 1. The minimum atomic E-state index is -0.320. The van der Waals surface area contributed by atoms with Crippen LogP contribution in [0.25, 0.3) is 0 Å². The van der Waals surface area contributed by atoms with E-state index in [2.05, 4.69) is 15.6 Å². The van der Waals surface area contributed by atoms with Crippen LogP contribution in [0.2, 0.25) is 5.02 Å². The van der Waals surface area contributed by atoms with Crippen LogP contribution in [0.3, 0.4) is 0 Å². The summed E-state index contributed by atoms with van der Waals surface area (Å²) in [5.41, 5.74) is 2.59. The molecule has 1 aromatic heterocycles. The molecule has 7 nitrogen and oxygen atoms in total. The van der Waals surface area contributed by atoms with Crippen LogP contribution in [0, 0.1) is 0 Å². The van der Waals surface area contributed by atoms with Crippen molar-refractivity contribution in [1.29, 1.82) is 0 Å². The number of amides is 1. The van der Waals surface area contributed by atoms with Gasteiger partial charge in [-0.3, -0.25) is 4.79 Å². The molecule has 0 unspecified atom stereocenters. The Balaban J connectivity index is 1.46. The van der Waals surface area contributed by atoms with Crippen molar-refractivity contribution in [2.45, 2.75) is 26.2 Å². The molecule has 0 spiro atoms. The van der Waals surface area contributed by atoms with Crippen molar-refractivity contribution in [3.05, 3.63) is 70.5 Å². The first-order valence-corrected chi connectivity index (χ1v) is 9.35. The van der Waals surface area contributed by atoms with Crippen molar-refractivity contribution in [3.63, 3.8) is 0 Å². The summed E-state index contributed by atoms with van der Waals surface area (Å²) in [6, 6.07) is 14.7. The largest absolute Gasteiger partial charge is 0.494 e. The van der Waals surface area contributed by atoms with Crippen molar-refractivity contribution in [1.82, 2.24) is 15.0 Å². The molecule has 1 amide bonds. The Hall–Kier alpha value is -2.90. The van der Waals surface area contributed by atoms with Crippen LogP contribution < -0.4 is 10.1 Å². The maximum absolute atomic E-state index is 12.6. The van der Waals surface area contributed by atoms with Gasteiger partial charge >= 0.3 is 0 Å². The SMILES string of the molecule is CCOc1ccc(NC(=O)c2nnn3c2CO[C@H](c2ccc(Cl)cc2)C3)cc1. The Labute approximate surface area is 167 Å². The minimum Gasteiger partial charge on any atom is -0.494 e. The smallest absolute Gasteiger partial charge is 0.278 e. The van der Waals surface area contributed by atoms with Crippen LogP contribution in [0.4, 0.5) is 5.69 Å². The first-order chi connectivity index (χ1) is 13.6. The van der Waals surface area contributed by atoms with Gasteiger partial charge in [0.1, 0.15) is 11.9 Å². The van der Waals surface area contributed by atoms with Crippen LogP contribution >= 0.6 is 11.6 Å². The van der Waals surface area contributed by atoms with Crippen molar-refractivity contribution in [3.8, 4) is 5.75 Å². The lowest BCUT2D eigenvalue weighted by Crippen LogP contribution is -2.24. The van der Waals surface area contributed by atoms with Crippen molar-refractivity contribution >= 4 is 23.2 Å². The highest BCUT2D eigenvalue weighted by Crippen LogP contribution is 2.28. The predicted molar refractivity (Wildman–Crippen MR) is 105 cm³/mol. The van der Waals surface area contributed by atoms with E-state index < -0.39 is 0 Å². The molecule has 0 bridgehead atoms. The Bertz CT molecular complexity index is 970. The van der Waals surface area contributed by atoms with Crippen LogP contribution in [-0.4, -0.2) is 27.5 Å². The summed E-state index contributed by atoms with van der Waals surface area (Å²) in [7, 11) is 0. The van der Waals surface area contributed by atoms with Crippen LogP contribution in [0.15, 0.2) is 48.5 Å². The van der Waals surface area contributed by atoms with E-state index in [1.54, 1.807) is 28.9 Å². The number of anilines is 1. The van der Waals surface area contributed by atoms with E-state index in [0.29, 0.717) is 29.6 Å². The van der Waals surface area contributed by atoms with Crippen molar-refractivity contribution < 1.29 is 14.3 Å². The highest BCUT2D eigenvalue weighted by atomic mass is 35.5. The summed E-state index contributed by atoms with van der Waals surface area (Å²) in [6.45, 7) is 3.26. The molecular formula is C20H19ClN4O3. The number of ether oxygens (including phenoxy) is 2. The molecule has 8 heteroatoms. The molecule has 4 rings (SSSR count). The maximum Gasteiger partial charge on any atom is 0.278 e. The number of carbonyl (C=O) groups excluding carboxylic acids is 1. The number of nitrogens with zero attached hydrogens (tertiary/aromatic N) is 3. The number of halogens is 1. The van der Waals surface area contributed by atoms with Crippen molar-refractivity contribution in [2.24, 2.45) is 0 Å². The van der Waals surface area contributed by atoms with Gasteiger partial charge in [-0.1, -0.05) is 28.9 Å². The first kappa shape index (κ1) is 18.5. The van der Waals surface area contributed by atoms with Crippen LogP contribution in [-0.2, 0) is 17.9 Å². The van der Waals surface area contributed by atoms with Gasteiger partial charge in [0.25, 0.3) is 5.91 Å². The zero-order chi connectivity index (χ0) is 19.5. The molecular weight excluding hydrogens is 380 g/mol. The van der Waals surface area contributed by atoms with Gasteiger partial charge in [-0.25, -0.2) is 4.68 Å². The molecule has 3 aromatic rings. The Kier molecular flexibility index (Phi) is 5.27. The summed E-state index contributed by atoms with van der Waals surface area (Å²) in [5, 5.41) is 11.7. The number of nitrogens with one attached hydrogen (secondary N) is 1. The van der Waals surface area contributed by atoms with E-state index >= 15 is 0 Å². The summed E-state index contributed by atoms with van der Waals surface area (Å²) >= 11 is 5.94. The number of benzene rings is 2. The van der Waals surface area contributed by atoms with E-state index in [4.69, 9.17) is 21.1 Å². The topological polar surface area (TPSA) is 78.3 Å². The van der Waals surface area contributed by atoms with E-state index in [1.807, 2.05) is 31.2 Å². The molecule has 0 saturated heterocycles. The van der Waals surface area contributed by atoms with Gasteiger partial charge in [-0.15, -0.1) is 5.10 Å². The van der Waals surface area contributed by atoms with Gasteiger partial charge in [0.05, 0.1) is 25.5 Å². The Morgan fingerprint density at radius 1 is 1.25 bits per heavy atom. The highest BCUT2D eigenvalue weighted by molar-refractivity contribution is 6.30. The quantitative estimate of drug-likeness (QED) is 0.706. The number of hydrogen-bond acceptors (Lipinski definition) is 5. The molecule has 0 radical (unpaired) electrons. The zero-order valence-electron chi connectivity index (χ0n) is 15.3. The third kappa shape index (κ3) is 3.85. The Morgan fingerprint density at radius 3 is 2.71 bits per heavy atom.